The lowest BCUT2D eigenvalue weighted by Crippen LogP contribution is -2.45. The Kier molecular flexibility index (Phi) is 8.69. The summed E-state index contributed by atoms with van der Waals surface area (Å²) in [5.74, 6) is -0.837. The molecule has 0 saturated carbocycles. The summed E-state index contributed by atoms with van der Waals surface area (Å²) in [6.45, 7) is 5.48. The monoisotopic (exact) mass is 196 g/mol. The first kappa shape index (κ1) is 14.2. The highest BCUT2D eigenvalue weighted by molar-refractivity contribution is 5.85. The van der Waals surface area contributed by atoms with Gasteiger partial charge >= 0.3 is 5.97 Å². The summed E-state index contributed by atoms with van der Waals surface area (Å²) in [6.07, 6.45) is 0. The third kappa shape index (κ3) is 3.90. The van der Waals surface area contributed by atoms with Crippen LogP contribution in [0, 0.1) is 0 Å². The molecule has 0 unspecified atom stereocenters. The molecule has 12 heavy (non-hydrogen) atoms. The van der Waals surface area contributed by atoms with Crippen LogP contribution in [0.2, 0.25) is 0 Å². The molecule has 0 fully saturated rings. The van der Waals surface area contributed by atoms with Gasteiger partial charge in [0.05, 0.1) is 0 Å². The molecule has 0 aliphatic rings. The van der Waals surface area contributed by atoms with Crippen molar-refractivity contribution in [2.45, 2.75) is 19.9 Å². The van der Waals surface area contributed by atoms with E-state index in [9.17, 15) is 4.79 Å². The Labute approximate surface area is 79.1 Å². The summed E-state index contributed by atoms with van der Waals surface area (Å²) in [6, 6.07) is -0.523. The number of halogens is 1. The molecule has 0 aromatic heterocycles. The number of hydrogen-bond donors (Lipinski definition) is 2. The molecule has 3 N–H and O–H groups in total. The maximum Gasteiger partial charge on any atom is 0.322 e. The van der Waals surface area contributed by atoms with E-state index in [0.29, 0.717) is 0 Å². The molecule has 5 heteroatoms. The molecule has 0 heterocycles. The molecular formula is C7H17ClN2O2. The Morgan fingerprint density at radius 2 is 1.92 bits per heavy atom. The molecule has 0 bridgehead atoms. The standard InChI is InChI=1S/C7H16N2O2.ClH/c1-3-9(4-2)6(5-8)7(10)11;/h6H,3-5,8H2,1-2H3,(H,10,11);1H/t6-;/m0./s1. The summed E-state index contributed by atoms with van der Waals surface area (Å²) in [5, 5.41) is 8.68. The van der Waals surface area contributed by atoms with Crippen LogP contribution < -0.4 is 5.73 Å². The Bertz CT molecular complexity index is 129. The zero-order valence-electron chi connectivity index (χ0n) is 7.49. The van der Waals surface area contributed by atoms with Crippen molar-refractivity contribution >= 4 is 18.4 Å². The van der Waals surface area contributed by atoms with Gasteiger partial charge in [0.15, 0.2) is 0 Å². The fraction of sp³-hybridized carbons (Fsp3) is 0.857. The minimum absolute atomic E-state index is 0. The quantitative estimate of drug-likeness (QED) is 0.658. The van der Waals surface area contributed by atoms with Crippen LogP contribution in [0.25, 0.3) is 0 Å². The highest BCUT2D eigenvalue weighted by Gasteiger charge is 2.20. The number of nitrogens with two attached hydrogens (primary N) is 1. The lowest BCUT2D eigenvalue weighted by Gasteiger charge is -2.24. The average molecular weight is 197 g/mol. The van der Waals surface area contributed by atoms with Crippen molar-refractivity contribution < 1.29 is 9.90 Å². The molecule has 0 spiro atoms. The van der Waals surface area contributed by atoms with Gasteiger partial charge < -0.3 is 10.8 Å². The number of carboxylic acid groups (broad SMARTS) is 1. The fourth-order valence-electron chi connectivity index (χ4n) is 1.07. The van der Waals surface area contributed by atoms with Crippen molar-refractivity contribution in [3.63, 3.8) is 0 Å². The van der Waals surface area contributed by atoms with Crippen LogP contribution in [0.1, 0.15) is 13.8 Å². The van der Waals surface area contributed by atoms with Gasteiger partial charge in [-0.05, 0) is 13.1 Å². The summed E-state index contributed by atoms with van der Waals surface area (Å²) in [5.41, 5.74) is 5.30. The molecule has 0 aromatic rings. The second-order valence-electron chi connectivity index (χ2n) is 2.31. The largest absolute Gasteiger partial charge is 0.480 e. The van der Waals surface area contributed by atoms with Crippen molar-refractivity contribution in [1.29, 1.82) is 0 Å². The van der Waals surface area contributed by atoms with E-state index >= 15 is 0 Å². The third-order valence-electron chi connectivity index (χ3n) is 1.76. The highest BCUT2D eigenvalue weighted by Crippen LogP contribution is 1.96. The molecule has 0 aliphatic heterocycles. The van der Waals surface area contributed by atoms with Crippen molar-refractivity contribution in [1.82, 2.24) is 4.90 Å². The smallest absolute Gasteiger partial charge is 0.322 e. The molecule has 4 nitrogen and oxygen atoms in total. The van der Waals surface area contributed by atoms with Crippen LogP contribution in [0.15, 0.2) is 0 Å². The van der Waals surface area contributed by atoms with Gasteiger partial charge in [0, 0.05) is 6.54 Å². The van der Waals surface area contributed by atoms with E-state index in [1.165, 1.54) is 0 Å². The van der Waals surface area contributed by atoms with Crippen LogP contribution in [0.4, 0.5) is 0 Å². The van der Waals surface area contributed by atoms with E-state index in [-0.39, 0.29) is 19.0 Å². The van der Waals surface area contributed by atoms with Crippen LogP contribution >= 0.6 is 12.4 Å². The number of carboxylic acids is 1. The number of aliphatic carboxylic acids is 1. The predicted octanol–water partition coefficient (Wildman–Crippen LogP) is 0.162. The number of likely N-dealkylation sites (N-methyl/N-ethyl adjacent to an activating group) is 1. The lowest BCUT2D eigenvalue weighted by atomic mass is 10.2. The highest BCUT2D eigenvalue weighted by atomic mass is 35.5. The Balaban J connectivity index is 0. The molecule has 0 rings (SSSR count). The minimum atomic E-state index is -0.837. The van der Waals surface area contributed by atoms with Crippen LogP contribution in [0.5, 0.6) is 0 Å². The van der Waals surface area contributed by atoms with Gasteiger partial charge in [-0.1, -0.05) is 13.8 Å². The summed E-state index contributed by atoms with van der Waals surface area (Å²) in [4.78, 5) is 12.4. The Hall–Kier alpha value is -0.320. The normalized spacial score (nSPS) is 12.3. The molecule has 0 aliphatic carbocycles. The van der Waals surface area contributed by atoms with Gasteiger partial charge in [0.1, 0.15) is 6.04 Å². The average Bonchev–Trinajstić information content (AvgIpc) is 1.99. The Morgan fingerprint density at radius 3 is 2.00 bits per heavy atom. The first-order chi connectivity index (χ1) is 5.17. The number of rotatable bonds is 5. The van der Waals surface area contributed by atoms with Gasteiger partial charge in [-0.25, -0.2) is 0 Å². The predicted molar refractivity (Wildman–Crippen MR) is 50.6 cm³/mol. The zero-order chi connectivity index (χ0) is 8.85. The summed E-state index contributed by atoms with van der Waals surface area (Å²) >= 11 is 0. The summed E-state index contributed by atoms with van der Waals surface area (Å²) < 4.78 is 0. The van der Waals surface area contributed by atoms with E-state index < -0.39 is 12.0 Å². The van der Waals surface area contributed by atoms with Crippen LogP contribution in [0.3, 0.4) is 0 Å². The van der Waals surface area contributed by atoms with Gasteiger partial charge in [-0.3, -0.25) is 9.69 Å². The van der Waals surface area contributed by atoms with Crippen LogP contribution in [-0.4, -0.2) is 41.7 Å². The molecule has 74 valence electrons. The molecule has 0 aromatic carbocycles. The molecule has 0 radical (unpaired) electrons. The van der Waals surface area contributed by atoms with Gasteiger partial charge in [0.25, 0.3) is 0 Å². The van der Waals surface area contributed by atoms with E-state index in [1.54, 1.807) is 0 Å². The van der Waals surface area contributed by atoms with Crippen molar-refractivity contribution in [2.75, 3.05) is 19.6 Å². The van der Waals surface area contributed by atoms with E-state index in [2.05, 4.69) is 0 Å². The van der Waals surface area contributed by atoms with Crippen molar-refractivity contribution in [3.8, 4) is 0 Å². The second kappa shape index (κ2) is 7.34. The van der Waals surface area contributed by atoms with Crippen molar-refractivity contribution in [2.24, 2.45) is 5.73 Å². The molecular weight excluding hydrogens is 180 g/mol. The van der Waals surface area contributed by atoms with E-state index in [4.69, 9.17) is 10.8 Å². The third-order valence-corrected chi connectivity index (χ3v) is 1.76. The van der Waals surface area contributed by atoms with E-state index in [1.807, 2.05) is 18.7 Å². The van der Waals surface area contributed by atoms with Crippen molar-refractivity contribution in [3.05, 3.63) is 0 Å². The van der Waals surface area contributed by atoms with Gasteiger partial charge in [0.2, 0.25) is 0 Å². The number of carbonyl (C=O) groups is 1. The Morgan fingerprint density at radius 1 is 1.50 bits per heavy atom. The van der Waals surface area contributed by atoms with E-state index in [0.717, 1.165) is 13.1 Å². The molecule has 0 saturated heterocycles. The zero-order valence-corrected chi connectivity index (χ0v) is 8.30. The SMILES string of the molecule is CCN(CC)[C@@H](CN)C(=O)O.Cl. The first-order valence-corrected chi connectivity index (χ1v) is 3.84. The minimum Gasteiger partial charge on any atom is -0.480 e. The number of nitrogens with zero attached hydrogens (tertiary/aromatic N) is 1. The second-order valence-corrected chi connectivity index (χ2v) is 2.31. The number of hydrogen-bond acceptors (Lipinski definition) is 3. The molecule has 1 atom stereocenters. The molecule has 0 amide bonds. The van der Waals surface area contributed by atoms with Gasteiger partial charge in [-0.15, -0.1) is 12.4 Å². The summed E-state index contributed by atoms with van der Waals surface area (Å²) in [7, 11) is 0. The maximum absolute atomic E-state index is 10.6. The first-order valence-electron chi connectivity index (χ1n) is 3.84. The lowest BCUT2D eigenvalue weighted by molar-refractivity contribution is -0.142. The topological polar surface area (TPSA) is 66.6 Å². The maximum atomic E-state index is 10.6. The van der Waals surface area contributed by atoms with Gasteiger partial charge in [-0.2, -0.15) is 0 Å². The fourth-order valence-corrected chi connectivity index (χ4v) is 1.07. The van der Waals surface area contributed by atoms with Crippen LogP contribution in [-0.2, 0) is 4.79 Å².